The smallest absolute Gasteiger partial charge is 0.337 e. The van der Waals surface area contributed by atoms with Crippen LogP contribution >= 0.6 is 0 Å². The lowest BCUT2D eigenvalue weighted by atomic mass is 10.1. The minimum Gasteiger partial charge on any atom is -0.337 e. The number of nitrogens with zero attached hydrogens (tertiary/aromatic N) is 2. The van der Waals surface area contributed by atoms with Crippen molar-refractivity contribution in [2.75, 3.05) is 4.72 Å². The van der Waals surface area contributed by atoms with Crippen LogP contribution in [0.15, 0.2) is 28.8 Å². The Kier molecular flexibility index (Phi) is 3.78. The van der Waals surface area contributed by atoms with Crippen LogP contribution in [-0.4, -0.2) is 18.6 Å². The second kappa shape index (κ2) is 5.52. The van der Waals surface area contributed by atoms with E-state index in [2.05, 4.69) is 10.1 Å². The molecule has 1 fully saturated rings. The molecule has 0 saturated heterocycles. The molecule has 3 rings (SSSR count). The van der Waals surface area contributed by atoms with Crippen LogP contribution in [0.25, 0.3) is 0 Å². The molecule has 0 amide bonds. The molecule has 124 valence electrons. The SMILES string of the molecule is O=S(=O)(Cc1ccccc1C(F)(F)F)Nc1noc(C2CC2)n1. The Bertz CT molecular complexity index is 813. The first-order valence-electron chi connectivity index (χ1n) is 6.74. The van der Waals surface area contributed by atoms with Gasteiger partial charge in [0.2, 0.25) is 15.9 Å². The molecule has 0 atom stereocenters. The molecule has 0 aliphatic heterocycles. The topological polar surface area (TPSA) is 85.1 Å². The molecule has 0 bridgehead atoms. The Balaban J connectivity index is 1.78. The predicted molar refractivity (Wildman–Crippen MR) is 74.0 cm³/mol. The fourth-order valence-corrected chi connectivity index (χ4v) is 3.17. The van der Waals surface area contributed by atoms with E-state index in [9.17, 15) is 21.6 Å². The maximum atomic E-state index is 12.9. The van der Waals surface area contributed by atoms with Crippen LogP contribution in [0.1, 0.15) is 35.8 Å². The Morgan fingerprint density at radius 3 is 2.61 bits per heavy atom. The number of nitrogens with one attached hydrogen (secondary N) is 1. The summed E-state index contributed by atoms with van der Waals surface area (Å²) in [5, 5.41) is 3.48. The predicted octanol–water partition coefficient (Wildman–Crippen LogP) is 2.91. The van der Waals surface area contributed by atoms with Crippen LogP contribution in [0.5, 0.6) is 0 Å². The molecular formula is C13H12F3N3O3S. The summed E-state index contributed by atoms with van der Waals surface area (Å²) >= 11 is 0. The number of anilines is 1. The zero-order valence-corrected chi connectivity index (χ0v) is 12.5. The van der Waals surface area contributed by atoms with Crippen molar-refractivity contribution in [3.8, 4) is 0 Å². The lowest BCUT2D eigenvalue weighted by molar-refractivity contribution is -0.138. The van der Waals surface area contributed by atoms with E-state index in [0.29, 0.717) is 5.89 Å². The van der Waals surface area contributed by atoms with E-state index < -0.39 is 27.5 Å². The second-order valence-corrected chi connectivity index (χ2v) is 6.97. The Morgan fingerprint density at radius 2 is 1.96 bits per heavy atom. The quantitative estimate of drug-likeness (QED) is 0.899. The van der Waals surface area contributed by atoms with Crippen molar-refractivity contribution in [3.63, 3.8) is 0 Å². The molecule has 23 heavy (non-hydrogen) atoms. The van der Waals surface area contributed by atoms with Crippen molar-refractivity contribution in [2.24, 2.45) is 0 Å². The Hall–Kier alpha value is -2.10. The third kappa shape index (κ3) is 3.81. The maximum absolute atomic E-state index is 12.9. The van der Waals surface area contributed by atoms with E-state index in [1.54, 1.807) is 0 Å². The first kappa shape index (κ1) is 15.8. The molecule has 1 saturated carbocycles. The summed E-state index contributed by atoms with van der Waals surface area (Å²) in [6, 6.07) is 4.51. The van der Waals surface area contributed by atoms with Gasteiger partial charge < -0.3 is 4.52 Å². The van der Waals surface area contributed by atoms with Crippen LogP contribution in [0.3, 0.4) is 0 Å². The lowest BCUT2D eigenvalue weighted by Gasteiger charge is -2.12. The molecule has 10 heteroatoms. The summed E-state index contributed by atoms with van der Waals surface area (Å²) in [7, 11) is -4.10. The number of halogens is 3. The van der Waals surface area contributed by atoms with E-state index in [4.69, 9.17) is 4.52 Å². The third-order valence-corrected chi connectivity index (χ3v) is 4.47. The summed E-state index contributed by atoms with van der Waals surface area (Å²) < 4.78 is 69.7. The summed E-state index contributed by atoms with van der Waals surface area (Å²) in [5.74, 6) is -0.628. The first-order valence-corrected chi connectivity index (χ1v) is 8.39. The molecule has 6 nitrogen and oxygen atoms in total. The van der Waals surface area contributed by atoms with E-state index in [-0.39, 0.29) is 17.4 Å². The second-order valence-electron chi connectivity index (χ2n) is 5.25. The number of rotatable bonds is 5. The zero-order valence-electron chi connectivity index (χ0n) is 11.7. The average molecular weight is 347 g/mol. The highest BCUT2D eigenvalue weighted by atomic mass is 32.2. The molecule has 1 aromatic carbocycles. The minimum absolute atomic E-state index is 0.145. The number of alkyl halides is 3. The molecule has 2 aromatic rings. The van der Waals surface area contributed by atoms with Crippen molar-refractivity contribution in [3.05, 3.63) is 41.3 Å². The van der Waals surface area contributed by atoms with Gasteiger partial charge in [0.15, 0.2) is 0 Å². The number of sulfonamides is 1. The average Bonchev–Trinajstić information content (AvgIpc) is 3.19. The van der Waals surface area contributed by atoms with Crippen LogP contribution in [0.2, 0.25) is 0 Å². The van der Waals surface area contributed by atoms with Gasteiger partial charge in [0.05, 0.1) is 11.3 Å². The number of hydrogen-bond donors (Lipinski definition) is 1. The molecule has 0 radical (unpaired) electrons. The van der Waals surface area contributed by atoms with Gasteiger partial charge in [-0.25, -0.2) is 13.1 Å². The van der Waals surface area contributed by atoms with E-state index in [1.165, 1.54) is 12.1 Å². The summed E-state index contributed by atoms with van der Waals surface area (Å²) in [6.45, 7) is 0. The number of hydrogen-bond acceptors (Lipinski definition) is 5. The van der Waals surface area contributed by atoms with Gasteiger partial charge in [-0.05, 0) is 29.6 Å². The van der Waals surface area contributed by atoms with Crippen LogP contribution in [-0.2, 0) is 22.0 Å². The van der Waals surface area contributed by atoms with Crippen LogP contribution < -0.4 is 4.72 Å². The van der Waals surface area contributed by atoms with Gasteiger partial charge in [-0.15, -0.1) is 0 Å². The van der Waals surface area contributed by atoms with Gasteiger partial charge in [-0.1, -0.05) is 18.2 Å². The van der Waals surface area contributed by atoms with Gasteiger partial charge in [0.1, 0.15) is 0 Å². The molecule has 1 N–H and O–H groups in total. The molecular weight excluding hydrogens is 335 g/mol. The van der Waals surface area contributed by atoms with Crippen molar-refractivity contribution < 1.29 is 26.1 Å². The number of benzene rings is 1. The first-order chi connectivity index (χ1) is 10.7. The van der Waals surface area contributed by atoms with Crippen LogP contribution in [0, 0.1) is 0 Å². The van der Waals surface area contributed by atoms with E-state index in [1.807, 2.05) is 4.72 Å². The molecule has 0 unspecified atom stereocenters. The van der Waals surface area contributed by atoms with Crippen molar-refractivity contribution in [2.45, 2.75) is 30.7 Å². The Labute approximate surface area is 129 Å². The van der Waals surface area contributed by atoms with E-state index >= 15 is 0 Å². The summed E-state index contributed by atoms with van der Waals surface area (Å²) in [4.78, 5) is 3.88. The van der Waals surface area contributed by atoms with Gasteiger partial charge in [0.25, 0.3) is 5.95 Å². The monoisotopic (exact) mass is 347 g/mol. The fraction of sp³-hybridized carbons (Fsp3) is 0.385. The molecule has 0 spiro atoms. The molecule has 1 aliphatic rings. The largest absolute Gasteiger partial charge is 0.416 e. The zero-order chi connectivity index (χ0) is 16.7. The van der Waals surface area contributed by atoms with Gasteiger partial charge in [0, 0.05) is 5.92 Å². The standard InChI is InChI=1S/C13H12F3N3O3S/c14-13(15,16)10-4-2-1-3-9(10)7-23(20,21)19-12-17-11(22-18-12)8-5-6-8/h1-4,8H,5-7H2,(H,18,19). The Morgan fingerprint density at radius 1 is 1.26 bits per heavy atom. The molecule has 1 heterocycles. The summed E-state index contributed by atoms with van der Waals surface area (Å²) in [5.41, 5.74) is -1.34. The maximum Gasteiger partial charge on any atom is 0.416 e. The highest BCUT2D eigenvalue weighted by Gasteiger charge is 2.34. The fourth-order valence-electron chi connectivity index (χ4n) is 2.08. The third-order valence-electron chi connectivity index (χ3n) is 3.28. The van der Waals surface area contributed by atoms with Gasteiger partial charge in [-0.3, -0.25) is 0 Å². The molecule has 1 aromatic heterocycles. The number of aromatic nitrogens is 2. The normalized spacial score (nSPS) is 15.6. The highest BCUT2D eigenvalue weighted by Crippen LogP contribution is 2.39. The van der Waals surface area contributed by atoms with Crippen molar-refractivity contribution in [1.29, 1.82) is 0 Å². The van der Waals surface area contributed by atoms with E-state index in [0.717, 1.165) is 25.0 Å². The van der Waals surface area contributed by atoms with Gasteiger partial charge >= 0.3 is 6.18 Å². The van der Waals surface area contributed by atoms with Crippen molar-refractivity contribution >= 4 is 16.0 Å². The highest BCUT2D eigenvalue weighted by molar-refractivity contribution is 7.91. The van der Waals surface area contributed by atoms with Gasteiger partial charge in [-0.2, -0.15) is 18.2 Å². The minimum atomic E-state index is -4.63. The summed E-state index contributed by atoms with van der Waals surface area (Å²) in [6.07, 6.45) is -2.84. The lowest BCUT2D eigenvalue weighted by Crippen LogP contribution is -2.19. The van der Waals surface area contributed by atoms with Crippen LogP contribution in [0.4, 0.5) is 19.1 Å². The molecule has 1 aliphatic carbocycles. The van der Waals surface area contributed by atoms with Crippen molar-refractivity contribution in [1.82, 2.24) is 10.1 Å².